The number of ether oxygens (including phenoxy) is 3. The maximum absolute atomic E-state index is 10.6. The molecule has 0 aliphatic rings. The third-order valence-corrected chi connectivity index (χ3v) is 9.07. The van der Waals surface area contributed by atoms with Gasteiger partial charge in [0.2, 0.25) is 6.41 Å². The number of hydrogen-bond acceptors (Lipinski definition) is 5. The van der Waals surface area contributed by atoms with E-state index in [0.29, 0.717) is 19.8 Å². The van der Waals surface area contributed by atoms with Crippen LogP contribution in [0.5, 0.6) is 0 Å². The van der Waals surface area contributed by atoms with Gasteiger partial charge >= 0.3 is 0 Å². The van der Waals surface area contributed by atoms with Crippen molar-refractivity contribution in [2.75, 3.05) is 19.8 Å². The number of rotatable bonds is 36. The zero-order chi connectivity index (χ0) is 34.2. The molecule has 5 nitrogen and oxygen atoms in total. The maximum atomic E-state index is 10.6. The van der Waals surface area contributed by atoms with Crippen LogP contribution in [0.4, 0.5) is 0 Å². The smallest absolute Gasteiger partial charge is 0.213 e. The Morgan fingerprint density at radius 1 is 0.500 bits per heavy atom. The van der Waals surface area contributed by atoms with E-state index in [4.69, 9.17) is 14.2 Å². The number of nitrogens with one attached hydrogen (secondary N) is 1. The van der Waals surface area contributed by atoms with E-state index in [1.54, 1.807) is 0 Å². The average Bonchev–Trinajstić information content (AvgIpc) is 3.00. The van der Waals surface area contributed by atoms with E-state index >= 15 is 0 Å². The Kier molecular flexibility index (Phi) is 31.9. The standard InChI is InChI=1S/C41H85NO4/c1-8-10-12-14-16-18-20-22-24-26-28-30-33-38(34-31-29-27-25-23-21-19-17-15-13-11-9-2)46-39(43)42-35-32-36-44-41(6,7)37-45-40(3,4)5/h38-39,42-43H,8-37H2,1-7H3. The Bertz CT molecular complexity index is 578. The number of hydrogen-bond donors (Lipinski definition) is 2. The van der Waals surface area contributed by atoms with Crippen molar-refractivity contribution in [3.05, 3.63) is 0 Å². The van der Waals surface area contributed by atoms with Crippen molar-refractivity contribution in [2.45, 2.75) is 246 Å². The van der Waals surface area contributed by atoms with Crippen molar-refractivity contribution in [3.63, 3.8) is 0 Å². The molecule has 0 aliphatic heterocycles. The third-order valence-electron chi connectivity index (χ3n) is 9.07. The lowest BCUT2D eigenvalue weighted by atomic mass is 10.0. The first-order valence-electron chi connectivity index (χ1n) is 20.4. The van der Waals surface area contributed by atoms with E-state index in [1.807, 2.05) is 0 Å². The zero-order valence-electron chi connectivity index (χ0n) is 32.5. The van der Waals surface area contributed by atoms with Crippen molar-refractivity contribution in [3.8, 4) is 0 Å². The second-order valence-electron chi connectivity index (χ2n) is 15.8. The first-order valence-corrected chi connectivity index (χ1v) is 20.4. The SMILES string of the molecule is CCCCCCCCCCCCCCC(CCCCCCCCCCCCCC)OC(O)NCCCOC(C)(C)COC(C)(C)C. The normalized spacial score (nSPS) is 13.2. The molecule has 0 aromatic heterocycles. The summed E-state index contributed by atoms with van der Waals surface area (Å²) in [4.78, 5) is 0. The number of aliphatic hydroxyl groups is 1. The van der Waals surface area contributed by atoms with Gasteiger partial charge in [-0.15, -0.1) is 0 Å². The molecule has 0 aromatic rings. The van der Waals surface area contributed by atoms with Crippen LogP contribution in [0.3, 0.4) is 0 Å². The van der Waals surface area contributed by atoms with E-state index in [2.05, 4.69) is 53.8 Å². The molecule has 0 amide bonds. The minimum atomic E-state index is -0.906. The molecule has 0 heterocycles. The highest BCUT2D eigenvalue weighted by Crippen LogP contribution is 2.19. The summed E-state index contributed by atoms with van der Waals surface area (Å²) in [6.45, 7) is 16.8. The fourth-order valence-corrected chi connectivity index (χ4v) is 6.01. The van der Waals surface area contributed by atoms with E-state index < -0.39 is 6.41 Å². The molecule has 0 aromatic carbocycles. The Morgan fingerprint density at radius 3 is 1.24 bits per heavy atom. The third kappa shape index (κ3) is 35.1. The van der Waals surface area contributed by atoms with Crippen molar-refractivity contribution in [1.82, 2.24) is 5.32 Å². The first kappa shape index (κ1) is 45.8. The van der Waals surface area contributed by atoms with Crippen LogP contribution in [0, 0.1) is 0 Å². The van der Waals surface area contributed by atoms with Crippen LogP contribution in [0.1, 0.15) is 222 Å². The van der Waals surface area contributed by atoms with E-state index in [9.17, 15) is 5.11 Å². The van der Waals surface area contributed by atoms with Crippen LogP contribution in [-0.2, 0) is 14.2 Å². The molecule has 5 heteroatoms. The molecule has 0 saturated carbocycles. The molecule has 2 N–H and O–H groups in total. The van der Waals surface area contributed by atoms with Crippen molar-refractivity contribution < 1.29 is 19.3 Å². The summed E-state index contributed by atoms with van der Waals surface area (Å²) in [6.07, 6.45) is 35.0. The van der Waals surface area contributed by atoms with E-state index in [-0.39, 0.29) is 17.3 Å². The van der Waals surface area contributed by atoms with Gasteiger partial charge in [-0.2, -0.15) is 0 Å². The Labute approximate surface area is 289 Å². The van der Waals surface area contributed by atoms with Gasteiger partial charge in [-0.1, -0.05) is 168 Å². The van der Waals surface area contributed by atoms with Crippen LogP contribution in [0.2, 0.25) is 0 Å². The molecule has 0 rings (SSSR count). The van der Waals surface area contributed by atoms with Crippen molar-refractivity contribution >= 4 is 0 Å². The lowest BCUT2D eigenvalue weighted by Gasteiger charge is -2.30. The molecule has 278 valence electrons. The van der Waals surface area contributed by atoms with Gasteiger partial charge < -0.3 is 19.3 Å². The molecule has 0 spiro atoms. The Hall–Kier alpha value is -0.200. The topological polar surface area (TPSA) is 60.0 Å². The summed E-state index contributed by atoms with van der Waals surface area (Å²) in [5, 5.41) is 13.8. The minimum absolute atomic E-state index is 0.137. The molecule has 0 bridgehead atoms. The second-order valence-corrected chi connectivity index (χ2v) is 15.8. The summed E-state index contributed by atoms with van der Waals surface area (Å²) in [5.74, 6) is 0. The highest BCUT2D eigenvalue weighted by Gasteiger charge is 2.22. The van der Waals surface area contributed by atoms with Gasteiger partial charge in [-0.25, -0.2) is 0 Å². The summed E-state index contributed by atoms with van der Waals surface area (Å²) in [7, 11) is 0. The fourth-order valence-electron chi connectivity index (χ4n) is 6.01. The monoisotopic (exact) mass is 656 g/mol. The first-order chi connectivity index (χ1) is 22.1. The molecule has 0 radical (unpaired) electrons. The summed E-state index contributed by atoms with van der Waals surface area (Å²) < 4.78 is 18.1. The average molecular weight is 656 g/mol. The van der Waals surface area contributed by atoms with Crippen LogP contribution in [0.15, 0.2) is 0 Å². The Morgan fingerprint density at radius 2 is 0.870 bits per heavy atom. The number of aliphatic hydroxyl groups excluding tert-OH is 1. The van der Waals surface area contributed by atoms with Gasteiger partial charge in [-0.3, -0.25) is 5.32 Å². The van der Waals surface area contributed by atoms with Gasteiger partial charge in [0.05, 0.1) is 23.9 Å². The van der Waals surface area contributed by atoms with E-state index in [1.165, 1.54) is 154 Å². The summed E-state index contributed by atoms with van der Waals surface area (Å²) in [5.41, 5.74) is -0.489. The van der Waals surface area contributed by atoms with Crippen LogP contribution >= 0.6 is 0 Å². The molecule has 0 fully saturated rings. The highest BCUT2D eigenvalue weighted by molar-refractivity contribution is 4.71. The summed E-state index contributed by atoms with van der Waals surface area (Å²) in [6, 6.07) is 0. The van der Waals surface area contributed by atoms with Gasteiger partial charge in [-0.05, 0) is 53.9 Å². The molecular weight excluding hydrogens is 570 g/mol. The molecule has 1 unspecified atom stereocenters. The number of unbranched alkanes of at least 4 members (excludes halogenated alkanes) is 22. The highest BCUT2D eigenvalue weighted by atomic mass is 16.6. The molecule has 1 atom stereocenters. The van der Waals surface area contributed by atoms with Crippen molar-refractivity contribution in [1.29, 1.82) is 0 Å². The van der Waals surface area contributed by atoms with E-state index in [0.717, 1.165) is 19.3 Å². The predicted octanol–water partition coefficient (Wildman–Crippen LogP) is 12.4. The maximum Gasteiger partial charge on any atom is 0.213 e. The van der Waals surface area contributed by atoms with Gasteiger partial charge in [0.15, 0.2) is 0 Å². The van der Waals surface area contributed by atoms with Gasteiger partial charge in [0.25, 0.3) is 0 Å². The minimum Gasteiger partial charge on any atom is -0.373 e. The van der Waals surface area contributed by atoms with Crippen molar-refractivity contribution in [2.24, 2.45) is 0 Å². The van der Waals surface area contributed by atoms with Crippen LogP contribution < -0.4 is 5.32 Å². The van der Waals surface area contributed by atoms with Gasteiger partial charge in [0, 0.05) is 13.2 Å². The molecule has 46 heavy (non-hydrogen) atoms. The molecule has 0 aliphatic carbocycles. The van der Waals surface area contributed by atoms with Crippen LogP contribution in [-0.4, -0.2) is 48.6 Å². The quantitative estimate of drug-likeness (QED) is 0.0519. The summed E-state index contributed by atoms with van der Waals surface area (Å²) >= 11 is 0. The lowest BCUT2D eigenvalue weighted by molar-refractivity contribution is -0.158. The second kappa shape index (κ2) is 32.0. The fraction of sp³-hybridized carbons (Fsp3) is 1.00. The largest absolute Gasteiger partial charge is 0.373 e. The molecule has 0 saturated heterocycles. The Balaban J connectivity index is 4.24. The van der Waals surface area contributed by atoms with Crippen LogP contribution in [0.25, 0.3) is 0 Å². The predicted molar refractivity (Wildman–Crippen MR) is 201 cm³/mol. The van der Waals surface area contributed by atoms with Gasteiger partial charge in [0.1, 0.15) is 0 Å². The molecular formula is C41H85NO4. The lowest BCUT2D eigenvalue weighted by Crippen LogP contribution is -2.38. The zero-order valence-corrected chi connectivity index (χ0v) is 32.5.